The SMILES string of the molecule is CCCC(CCC)COc1cccc(O[C@H](O)CN)c1. The average Bonchev–Trinajstić information content (AvgIpc) is 2.45. The van der Waals surface area contributed by atoms with Crippen LogP contribution in [0, 0.1) is 5.92 Å². The fourth-order valence-electron chi connectivity index (χ4n) is 2.18. The first-order chi connectivity index (χ1) is 9.69. The number of benzene rings is 1. The number of nitrogens with two attached hydrogens (primary N) is 1. The van der Waals surface area contributed by atoms with Crippen LogP contribution in [0.3, 0.4) is 0 Å². The third kappa shape index (κ3) is 6.26. The predicted octanol–water partition coefficient (Wildman–Crippen LogP) is 2.94. The van der Waals surface area contributed by atoms with Crippen molar-refractivity contribution in [3.63, 3.8) is 0 Å². The van der Waals surface area contributed by atoms with Crippen molar-refractivity contribution >= 4 is 0 Å². The summed E-state index contributed by atoms with van der Waals surface area (Å²) < 4.78 is 11.1. The lowest BCUT2D eigenvalue weighted by atomic mass is 9.99. The summed E-state index contributed by atoms with van der Waals surface area (Å²) in [7, 11) is 0. The standard InChI is InChI=1S/C16H27NO3/c1-3-6-13(7-4-2)12-19-14-8-5-9-15(10-14)20-16(18)11-17/h5,8-10,13,16,18H,3-4,6-7,11-12,17H2,1-2H3/t16-/m0/s1. The van der Waals surface area contributed by atoms with Crippen LogP contribution in [-0.4, -0.2) is 24.5 Å². The molecule has 0 saturated heterocycles. The maximum Gasteiger partial charge on any atom is 0.209 e. The normalized spacial score (nSPS) is 12.4. The molecule has 1 aromatic carbocycles. The largest absolute Gasteiger partial charge is 0.493 e. The van der Waals surface area contributed by atoms with E-state index in [2.05, 4.69) is 13.8 Å². The Kier molecular flexibility index (Phi) is 8.07. The number of aliphatic hydroxyl groups excluding tert-OH is 1. The van der Waals surface area contributed by atoms with Gasteiger partial charge in [0.15, 0.2) is 0 Å². The third-order valence-electron chi connectivity index (χ3n) is 3.16. The van der Waals surface area contributed by atoms with Gasteiger partial charge in [-0.05, 0) is 30.9 Å². The molecular weight excluding hydrogens is 254 g/mol. The third-order valence-corrected chi connectivity index (χ3v) is 3.16. The summed E-state index contributed by atoms with van der Waals surface area (Å²) in [5, 5.41) is 9.37. The van der Waals surface area contributed by atoms with Crippen molar-refractivity contribution in [2.24, 2.45) is 11.7 Å². The highest BCUT2D eigenvalue weighted by Crippen LogP contribution is 2.22. The van der Waals surface area contributed by atoms with Crippen LogP contribution in [0.5, 0.6) is 11.5 Å². The smallest absolute Gasteiger partial charge is 0.209 e. The zero-order valence-electron chi connectivity index (χ0n) is 12.5. The van der Waals surface area contributed by atoms with Crippen LogP contribution in [-0.2, 0) is 0 Å². The first kappa shape index (κ1) is 16.8. The first-order valence-electron chi connectivity index (χ1n) is 7.47. The highest BCUT2D eigenvalue weighted by Gasteiger charge is 2.09. The molecule has 0 bridgehead atoms. The topological polar surface area (TPSA) is 64.7 Å². The quantitative estimate of drug-likeness (QED) is 0.647. The number of rotatable bonds is 10. The number of hydrogen-bond donors (Lipinski definition) is 2. The van der Waals surface area contributed by atoms with Gasteiger partial charge in [0.05, 0.1) is 13.2 Å². The van der Waals surface area contributed by atoms with Crippen LogP contribution in [0.15, 0.2) is 24.3 Å². The minimum Gasteiger partial charge on any atom is -0.493 e. The van der Waals surface area contributed by atoms with Crippen molar-refractivity contribution in [2.45, 2.75) is 45.8 Å². The summed E-state index contributed by atoms with van der Waals surface area (Å²) in [6.45, 7) is 5.20. The molecule has 0 unspecified atom stereocenters. The Hall–Kier alpha value is -1.26. The molecule has 3 N–H and O–H groups in total. The molecule has 1 aromatic rings. The second kappa shape index (κ2) is 9.61. The van der Waals surface area contributed by atoms with Crippen molar-refractivity contribution in [1.29, 1.82) is 0 Å². The molecule has 0 saturated carbocycles. The molecular formula is C16H27NO3. The van der Waals surface area contributed by atoms with E-state index in [1.54, 1.807) is 12.1 Å². The zero-order valence-corrected chi connectivity index (χ0v) is 12.5. The van der Waals surface area contributed by atoms with Crippen LogP contribution in [0.1, 0.15) is 39.5 Å². The van der Waals surface area contributed by atoms with E-state index in [0.717, 1.165) is 12.4 Å². The zero-order chi connectivity index (χ0) is 14.8. The Morgan fingerprint density at radius 1 is 1.15 bits per heavy atom. The molecule has 0 aliphatic heterocycles. The lowest BCUT2D eigenvalue weighted by Gasteiger charge is -2.17. The van der Waals surface area contributed by atoms with E-state index in [0.29, 0.717) is 11.7 Å². The maximum absolute atomic E-state index is 9.37. The van der Waals surface area contributed by atoms with Gasteiger partial charge in [-0.15, -0.1) is 0 Å². The molecule has 0 aromatic heterocycles. The molecule has 20 heavy (non-hydrogen) atoms. The molecule has 0 fully saturated rings. The predicted molar refractivity (Wildman–Crippen MR) is 80.9 cm³/mol. The summed E-state index contributed by atoms with van der Waals surface area (Å²) in [5.41, 5.74) is 5.32. The van der Waals surface area contributed by atoms with Gasteiger partial charge in [0.25, 0.3) is 0 Å². The number of aliphatic hydroxyl groups is 1. The summed E-state index contributed by atoms with van der Waals surface area (Å²) in [6.07, 6.45) is 3.77. The molecule has 4 heteroatoms. The van der Waals surface area contributed by atoms with E-state index in [9.17, 15) is 5.11 Å². The number of ether oxygens (including phenoxy) is 2. The molecule has 0 aliphatic rings. The van der Waals surface area contributed by atoms with Crippen molar-refractivity contribution in [3.05, 3.63) is 24.3 Å². The van der Waals surface area contributed by atoms with Gasteiger partial charge in [-0.25, -0.2) is 0 Å². The average molecular weight is 281 g/mol. The van der Waals surface area contributed by atoms with Crippen molar-refractivity contribution in [3.8, 4) is 11.5 Å². The van der Waals surface area contributed by atoms with E-state index in [4.69, 9.17) is 15.2 Å². The monoisotopic (exact) mass is 281 g/mol. The van der Waals surface area contributed by atoms with Gasteiger partial charge in [0, 0.05) is 6.07 Å². The maximum atomic E-state index is 9.37. The highest BCUT2D eigenvalue weighted by molar-refractivity contribution is 5.33. The van der Waals surface area contributed by atoms with Crippen LogP contribution >= 0.6 is 0 Å². The van der Waals surface area contributed by atoms with E-state index in [1.807, 2.05) is 12.1 Å². The molecule has 1 rings (SSSR count). The Morgan fingerprint density at radius 3 is 2.40 bits per heavy atom. The van der Waals surface area contributed by atoms with E-state index < -0.39 is 6.29 Å². The first-order valence-corrected chi connectivity index (χ1v) is 7.47. The Morgan fingerprint density at radius 2 is 1.80 bits per heavy atom. The van der Waals surface area contributed by atoms with E-state index >= 15 is 0 Å². The molecule has 0 amide bonds. The lowest BCUT2D eigenvalue weighted by molar-refractivity contribution is -0.00873. The van der Waals surface area contributed by atoms with Crippen molar-refractivity contribution in [1.82, 2.24) is 0 Å². The van der Waals surface area contributed by atoms with E-state index in [-0.39, 0.29) is 6.54 Å². The minimum atomic E-state index is -0.974. The lowest BCUT2D eigenvalue weighted by Crippen LogP contribution is -2.25. The van der Waals surface area contributed by atoms with Crippen LogP contribution in [0.2, 0.25) is 0 Å². The van der Waals surface area contributed by atoms with Gasteiger partial charge >= 0.3 is 0 Å². The Labute approximate surface area is 121 Å². The summed E-state index contributed by atoms with van der Waals surface area (Å²) in [5.74, 6) is 1.94. The summed E-state index contributed by atoms with van der Waals surface area (Å²) in [4.78, 5) is 0. The molecule has 0 heterocycles. The van der Waals surface area contributed by atoms with Gasteiger partial charge in [0.1, 0.15) is 11.5 Å². The molecule has 4 nitrogen and oxygen atoms in total. The molecule has 0 aliphatic carbocycles. The van der Waals surface area contributed by atoms with Gasteiger partial charge in [-0.2, -0.15) is 0 Å². The molecule has 0 radical (unpaired) electrons. The van der Waals surface area contributed by atoms with Crippen molar-refractivity contribution < 1.29 is 14.6 Å². The fraction of sp³-hybridized carbons (Fsp3) is 0.625. The summed E-state index contributed by atoms with van der Waals surface area (Å²) >= 11 is 0. The molecule has 0 spiro atoms. The minimum absolute atomic E-state index is 0.0696. The summed E-state index contributed by atoms with van der Waals surface area (Å²) in [6, 6.07) is 7.31. The second-order valence-electron chi connectivity index (χ2n) is 5.04. The molecule has 114 valence electrons. The fourth-order valence-corrected chi connectivity index (χ4v) is 2.18. The van der Waals surface area contributed by atoms with Crippen molar-refractivity contribution in [2.75, 3.05) is 13.2 Å². The number of hydrogen-bond acceptors (Lipinski definition) is 4. The van der Waals surface area contributed by atoms with Crippen LogP contribution in [0.25, 0.3) is 0 Å². The van der Waals surface area contributed by atoms with E-state index in [1.165, 1.54) is 25.7 Å². The second-order valence-corrected chi connectivity index (χ2v) is 5.04. The van der Waals surface area contributed by atoms with Crippen LogP contribution in [0.4, 0.5) is 0 Å². The van der Waals surface area contributed by atoms with Crippen LogP contribution < -0.4 is 15.2 Å². The van der Waals surface area contributed by atoms with Gasteiger partial charge in [-0.3, -0.25) is 0 Å². The molecule has 1 atom stereocenters. The highest BCUT2D eigenvalue weighted by atomic mass is 16.6. The Bertz CT molecular complexity index is 364. The van der Waals surface area contributed by atoms with Gasteiger partial charge < -0.3 is 20.3 Å². The van der Waals surface area contributed by atoms with Gasteiger partial charge in [0.2, 0.25) is 6.29 Å². The van der Waals surface area contributed by atoms with Gasteiger partial charge in [-0.1, -0.05) is 32.8 Å². The Balaban J connectivity index is 2.52.